The van der Waals surface area contributed by atoms with Gasteiger partial charge in [-0.1, -0.05) is 30.3 Å². The Morgan fingerprint density at radius 3 is 2.05 bits per heavy atom. The van der Waals surface area contributed by atoms with Gasteiger partial charge in [-0.2, -0.15) is 15.4 Å². The van der Waals surface area contributed by atoms with Crippen molar-refractivity contribution in [2.24, 2.45) is 5.73 Å². The lowest BCUT2D eigenvalue weighted by Crippen LogP contribution is -2.37. The third-order valence-electron chi connectivity index (χ3n) is 5.85. The summed E-state index contributed by atoms with van der Waals surface area (Å²) in [6.45, 7) is 0. The van der Waals surface area contributed by atoms with Crippen LogP contribution in [-0.4, -0.2) is 55.8 Å². The fourth-order valence-corrected chi connectivity index (χ4v) is 3.99. The minimum absolute atomic E-state index is 0.329. The molecule has 0 unspecified atom stereocenters. The number of hydrogen-bond acceptors (Lipinski definition) is 8. The zero-order valence-corrected chi connectivity index (χ0v) is 21.1. The average molecular weight is 504 g/mol. The first-order valence-corrected chi connectivity index (χ1v) is 11.5. The quantitative estimate of drug-likeness (QED) is 0.298. The van der Waals surface area contributed by atoms with Crippen LogP contribution in [0.4, 0.5) is 5.69 Å². The average Bonchev–Trinajstić information content (AvgIpc) is 3.42. The lowest BCUT2D eigenvalue weighted by atomic mass is 10.0. The fraction of sp³-hybridized carbons (Fsp3) is 0.222. The van der Waals surface area contributed by atoms with Gasteiger partial charge < -0.3 is 30.0 Å². The van der Waals surface area contributed by atoms with Gasteiger partial charge in [-0.15, -0.1) is 0 Å². The summed E-state index contributed by atoms with van der Waals surface area (Å²) >= 11 is 0. The third-order valence-corrected chi connectivity index (χ3v) is 5.85. The molecule has 1 amide bonds. The van der Waals surface area contributed by atoms with Crippen molar-refractivity contribution in [3.05, 3.63) is 66.2 Å². The van der Waals surface area contributed by atoms with Gasteiger partial charge in [0.25, 0.3) is 0 Å². The van der Waals surface area contributed by atoms with E-state index in [9.17, 15) is 4.79 Å². The van der Waals surface area contributed by atoms with E-state index in [0.717, 1.165) is 5.56 Å². The van der Waals surface area contributed by atoms with Crippen molar-refractivity contribution in [2.45, 2.75) is 12.5 Å². The summed E-state index contributed by atoms with van der Waals surface area (Å²) in [5.74, 6) is 1.60. The van der Waals surface area contributed by atoms with Crippen molar-refractivity contribution in [3.8, 4) is 45.5 Å². The number of rotatable bonds is 10. The van der Waals surface area contributed by atoms with Gasteiger partial charge in [0.1, 0.15) is 17.1 Å². The minimum Gasteiger partial charge on any atom is -0.495 e. The van der Waals surface area contributed by atoms with Gasteiger partial charge >= 0.3 is 0 Å². The third kappa shape index (κ3) is 5.49. The van der Waals surface area contributed by atoms with E-state index in [2.05, 4.69) is 20.7 Å². The van der Waals surface area contributed by atoms with E-state index < -0.39 is 6.04 Å². The molecule has 0 bridgehead atoms. The van der Waals surface area contributed by atoms with Gasteiger partial charge in [-0.3, -0.25) is 4.79 Å². The number of H-pyrrole nitrogens is 1. The second kappa shape index (κ2) is 11.4. The summed E-state index contributed by atoms with van der Waals surface area (Å²) in [4.78, 5) is 12.9. The van der Waals surface area contributed by atoms with Gasteiger partial charge in [-0.05, 0) is 42.3 Å². The number of aromatic amines is 1. The highest BCUT2D eigenvalue weighted by molar-refractivity contribution is 5.97. The van der Waals surface area contributed by atoms with Crippen LogP contribution < -0.4 is 30.0 Å². The predicted octanol–water partition coefficient (Wildman–Crippen LogP) is 3.68. The predicted molar refractivity (Wildman–Crippen MR) is 140 cm³/mol. The molecule has 10 heteroatoms. The molecule has 10 nitrogen and oxygen atoms in total. The summed E-state index contributed by atoms with van der Waals surface area (Å²) in [5.41, 5.74) is 10.1. The van der Waals surface area contributed by atoms with Crippen LogP contribution in [0.1, 0.15) is 5.56 Å². The maximum atomic E-state index is 12.9. The van der Waals surface area contributed by atoms with Crippen molar-refractivity contribution in [1.82, 2.24) is 15.4 Å². The van der Waals surface area contributed by atoms with E-state index in [-0.39, 0.29) is 5.91 Å². The van der Waals surface area contributed by atoms with Crippen LogP contribution in [0.25, 0.3) is 22.5 Å². The number of aromatic nitrogens is 3. The summed E-state index contributed by atoms with van der Waals surface area (Å²) in [5, 5.41) is 14.3. The second-order valence-electron chi connectivity index (χ2n) is 8.14. The summed E-state index contributed by atoms with van der Waals surface area (Å²) in [6, 6.07) is 17.8. The molecule has 0 radical (unpaired) electrons. The smallest absolute Gasteiger partial charge is 0.241 e. The number of ether oxygens (including phenoxy) is 4. The van der Waals surface area contributed by atoms with Crippen LogP contribution in [-0.2, 0) is 11.2 Å². The van der Waals surface area contributed by atoms with Gasteiger partial charge in [0.05, 0.1) is 40.2 Å². The van der Waals surface area contributed by atoms with Crippen molar-refractivity contribution in [2.75, 3.05) is 33.8 Å². The first-order chi connectivity index (χ1) is 18.0. The molecular weight excluding hydrogens is 474 g/mol. The van der Waals surface area contributed by atoms with Gasteiger partial charge in [0.15, 0.2) is 11.5 Å². The highest BCUT2D eigenvalue weighted by Crippen LogP contribution is 2.42. The SMILES string of the molecule is COc1ccc(-c2n[nH]nc2-c2cc(OC)c(OC)c(OC)c2)cc1NC(=O)[C@@H](N)Cc1ccccc1. The Balaban J connectivity index is 1.66. The minimum atomic E-state index is -0.738. The van der Waals surface area contributed by atoms with E-state index in [1.165, 1.54) is 7.11 Å². The number of amides is 1. The molecule has 0 aliphatic heterocycles. The van der Waals surface area contributed by atoms with Crippen molar-refractivity contribution >= 4 is 11.6 Å². The summed E-state index contributed by atoms with van der Waals surface area (Å²) in [7, 11) is 6.17. The molecule has 192 valence electrons. The highest BCUT2D eigenvalue weighted by Gasteiger charge is 2.21. The monoisotopic (exact) mass is 503 g/mol. The zero-order chi connectivity index (χ0) is 26.4. The Kier molecular flexibility index (Phi) is 7.89. The molecule has 0 fully saturated rings. The lowest BCUT2D eigenvalue weighted by Gasteiger charge is -2.16. The molecule has 1 aromatic heterocycles. The molecular formula is C27H29N5O5. The van der Waals surface area contributed by atoms with Crippen molar-refractivity contribution < 1.29 is 23.7 Å². The number of hydrogen-bond donors (Lipinski definition) is 3. The molecule has 0 saturated heterocycles. The maximum Gasteiger partial charge on any atom is 0.241 e. The number of benzene rings is 3. The van der Waals surface area contributed by atoms with Crippen LogP contribution in [0.2, 0.25) is 0 Å². The molecule has 37 heavy (non-hydrogen) atoms. The number of nitrogens with two attached hydrogens (primary N) is 1. The number of anilines is 1. The van der Waals surface area contributed by atoms with Crippen LogP contribution in [0.5, 0.6) is 23.0 Å². The van der Waals surface area contributed by atoms with Crippen LogP contribution in [0, 0.1) is 0 Å². The topological polar surface area (TPSA) is 134 Å². The highest BCUT2D eigenvalue weighted by atomic mass is 16.5. The number of methoxy groups -OCH3 is 4. The Morgan fingerprint density at radius 2 is 1.46 bits per heavy atom. The Hall–Kier alpha value is -4.57. The Morgan fingerprint density at radius 1 is 0.838 bits per heavy atom. The summed E-state index contributed by atoms with van der Waals surface area (Å²) in [6.07, 6.45) is 0.406. The first-order valence-electron chi connectivity index (χ1n) is 11.5. The van der Waals surface area contributed by atoms with E-state index in [1.54, 1.807) is 45.6 Å². The molecule has 4 aromatic rings. The Labute approximate surface area is 214 Å². The fourth-order valence-electron chi connectivity index (χ4n) is 3.99. The number of nitrogens with zero attached hydrogens (tertiary/aromatic N) is 2. The largest absolute Gasteiger partial charge is 0.495 e. The first kappa shape index (κ1) is 25.5. The molecule has 1 atom stereocenters. The molecule has 4 rings (SSSR count). The van der Waals surface area contributed by atoms with E-state index >= 15 is 0 Å². The lowest BCUT2D eigenvalue weighted by molar-refractivity contribution is -0.117. The van der Waals surface area contributed by atoms with Crippen molar-refractivity contribution in [3.63, 3.8) is 0 Å². The molecule has 0 spiro atoms. The van der Waals surface area contributed by atoms with Crippen molar-refractivity contribution in [1.29, 1.82) is 0 Å². The molecule has 0 saturated carbocycles. The van der Waals surface area contributed by atoms with Crippen LogP contribution >= 0.6 is 0 Å². The number of carbonyl (C=O) groups is 1. The second-order valence-corrected chi connectivity index (χ2v) is 8.14. The van der Waals surface area contributed by atoms with Crippen LogP contribution in [0.15, 0.2) is 60.7 Å². The summed E-state index contributed by atoms with van der Waals surface area (Å²) < 4.78 is 21.9. The molecule has 0 aliphatic rings. The number of carbonyl (C=O) groups excluding carboxylic acids is 1. The van der Waals surface area contributed by atoms with E-state index in [1.807, 2.05) is 36.4 Å². The van der Waals surface area contributed by atoms with E-state index in [0.29, 0.717) is 57.6 Å². The maximum absolute atomic E-state index is 12.9. The molecule has 0 aliphatic carbocycles. The molecule has 3 aromatic carbocycles. The van der Waals surface area contributed by atoms with Gasteiger partial charge in [0.2, 0.25) is 11.7 Å². The standard InChI is InChI=1S/C27H29N5O5/c1-34-21-11-10-17(13-20(21)29-27(33)19(28)12-16-8-6-5-7-9-16)24-25(31-32-30-24)18-14-22(35-2)26(37-4)23(15-18)36-3/h5-11,13-15,19H,12,28H2,1-4H3,(H,29,33)(H,30,31,32)/t19-/m0/s1. The molecule has 1 heterocycles. The van der Waals surface area contributed by atoms with Gasteiger partial charge in [-0.25, -0.2) is 0 Å². The van der Waals surface area contributed by atoms with Crippen LogP contribution in [0.3, 0.4) is 0 Å². The normalized spacial score (nSPS) is 11.5. The van der Waals surface area contributed by atoms with Gasteiger partial charge in [0, 0.05) is 11.1 Å². The Bertz CT molecular complexity index is 1350. The zero-order valence-electron chi connectivity index (χ0n) is 21.1. The molecule has 4 N–H and O–H groups in total. The number of nitrogens with one attached hydrogen (secondary N) is 2. The van der Waals surface area contributed by atoms with E-state index in [4.69, 9.17) is 24.7 Å².